The number of oxazole rings is 1. The highest BCUT2D eigenvalue weighted by atomic mass is 16.4. The van der Waals surface area contributed by atoms with E-state index in [1.165, 1.54) is 0 Å². The second kappa shape index (κ2) is 4.31. The molecule has 0 aliphatic rings. The number of hydrogen-bond acceptors (Lipinski definition) is 4. The Balaban J connectivity index is 2.07. The van der Waals surface area contributed by atoms with Gasteiger partial charge >= 0.3 is 0 Å². The summed E-state index contributed by atoms with van der Waals surface area (Å²) in [5.74, 6) is 2.39. The van der Waals surface area contributed by atoms with Crippen molar-refractivity contribution in [3.8, 4) is 0 Å². The van der Waals surface area contributed by atoms with Gasteiger partial charge in [-0.3, -0.25) is 0 Å². The summed E-state index contributed by atoms with van der Waals surface area (Å²) >= 11 is 0. The van der Waals surface area contributed by atoms with Crippen molar-refractivity contribution in [3.63, 3.8) is 0 Å². The van der Waals surface area contributed by atoms with Crippen LogP contribution >= 0.6 is 0 Å². The first-order chi connectivity index (χ1) is 7.29. The van der Waals surface area contributed by atoms with E-state index in [0.29, 0.717) is 12.3 Å². The molecule has 0 spiro atoms. The van der Waals surface area contributed by atoms with Crippen LogP contribution in [0.5, 0.6) is 0 Å². The Bertz CT molecular complexity index is 406. The van der Waals surface area contributed by atoms with Crippen molar-refractivity contribution in [3.05, 3.63) is 42.0 Å². The first-order valence-electron chi connectivity index (χ1n) is 4.94. The van der Waals surface area contributed by atoms with Crippen LogP contribution in [0.3, 0.4) is 0 Å². The minimum Gasteiger partial charge on any atom is -0.469 e. The molecule has 1 atom stereocenters. The summed E-state index contributed by atoms with van der Waals surface area (Å²) in [5, 5.41) is 3.10. The molecular formula is C11H14N2O2. The monoisotopic (exact) mass is 206 g/mol. The highest BCUT2D eigenvalue weighted by molar-refractivity contribution is 5.07. The number of hydrogen-bond donors (Lipinski definition) is 1. The first-order valence-corrected chi connectivity index (χ1v) is 4.94. The molecule has 2 rings (SSSR count). The molecule has 0 saturated heterocycles. The molecule has 2 aromatic heterocycles. The number of nitrogens with one attached hydrogen (secondary N) is 1. The number of nitrogens with zero attached hydrogens (tertiary/aromatic N) is 1. The van der Waals surface area contributed by atoms with Gasteiger partial charge in [-0.2, -0.15) is 0 Å². The topological polar surface area (TPSA) is 51.2 Å². The summed E-state index contributed by atoms with van der Waals surface area (Å²) in [6.07, 6.45) is 4.00. The first kappa shape index (κ1) is 9.98. The minimum atomic E-state index is 0.183. The highest BCUT2D eigenvalue weighted by Gasteiger charge is 2.10. The van der Waals surface area contributed by atoms with E-state index in [1.807, 2.05) is 26.1 Å². The molecule has 1 N–H and O–H groups in total. The van der Waals surface area contributed by atoms with Crippen LogP contribution in [0.1, 0.15) is 30.4 Å². The van der Waals surface area contributed by atoms with E-state index in [0.717, 1.165) is 11.5 Å². The molecule has 1 unspecified atom stereocenters. The van der Waals surface area contributed by atoms with Gasteiger partial charge in [-0.05, 0) is 26.1 Å². The average molecular weight is 206 g/mol. The molecule has 2 aromatic rings. The molecule has 0 saturated carbocycles. The molecule has 0 aliphatic heterocycles. The van der Waals surface area contributed by atoms with Crippen molar-refractivity contribution in [1.29, 1.82) is 0 Å². The zero-order valence-corrected chi connectivity index (χ0v) is 8.86. The van der Waals surface area contributed by atoms with Crippen molar-refractivity contribution in [2.24, 2.45) is 0 Å². The summed E-state index contributed by atoms with van der Waals surface area (Å²) in [7, 11) is 1.89. The molecule has 0 aromatic carbocycles. The summed E-state index contributed by atoms with van der Waals surface area (Å²) in [6, 6.07) is 3.95. The van der Waals surface area contributed by atoms with Crippen LogP contribution in [0.25, 0.3) is 0 Å². The zero-order chi connectivity index (χ0) is 10.7. The zero-order valence-electron chi connectivity index (χ0n) is 8.86. The third kappa shape index (κ3) is 2.27. The number of rotatable bonds is 4. The quantitative estimate of drug-likeness (QED) is 0.832. The Morgan fingerprint density at radius 2 is 2.40 bits per heavy atom. The fourth-order valence-corrected chi connectivity index (χ4v) is 1.31. The lowest BCUT2D eigenvalue weighted by atomic mass is 10.3. The van der Waals surface area contributed by atoms with Crippen LogP contribution in [-0.4, -0.2) is 12.0 Å². The molecule has 80 valence electrons. The number of furan rings is 1. The summed E-state index contributed by atoms with van der Waals surface area (Å²) in [4.78, 5) is 4.19. The predicted octanol–water partition coefficient (Wildman–Crippen LogP) is 2.14. The summed E-state index contributed by atoms with van der Waals surface area (Å²) < 4.78 is 10.8. The van der Waals surface area contributed by atoms with Crippen LogP contribution in [0.15, 0.2) is 33.4 Å². The maximum absolute atomic E-state index is 5.58. The van der Waals surface area contributed by atoms with E-state index in [2.05, 4.69) is 10.3 Å². The third-order valence-corrected chi connectivity index (χ3v) is 2.34. The van der Waals surface area contributed by atoms with Gasteiger partial charge < -0.3 is 14.2 Å². The molecule has 0 aliphatic carbocycles. The fourth-order valence-electron chi connectivity index (χ4n) is 1.31. The third-order valence-electron chi connectivity index (χ3n) is 2.34. The Morgan fingerprint density at radius 1 is 1.53 bits per heavy atom. The maximum Gasteiger partial charge on any atom is 0.202 e. The summed E-state index contributed by atoms with van der Waals surface area (Å²) in [5.41, 5.74) is 0. The number of aromatic nitrogens is 1. The minimum absolute atomic E-state index is 0.183. The van der Waals surface area contributed by atoms with E-state index in [4.69, 9.17) is 8.83 Å². The maximum atomic E-state index is 5.58. The van der Waals surface area contributed by atoms with Gasteiger partial charge in [0.25, 0.3) is 0 Å². The van der Waals surface area contributed by atoms with Crippen LogP contribution in [0.4, 0.5) is 0 Å². The van der Waals surface area contributed by atoms with E-state index < -0.39 is 0 Å². The Morgan fingerprint density at radius 3 is 3.07 bits per heavy atom. The SMILES string of the molecule is CNC(C)c1cnc(Cc2ccco2)o1. The van der Waals surface area contributed by atoms with Crippen molar-refractivity contribution >= 4 is 0 Å². The molecule has 4 nitrogen and oxygen atoms in total. The summed E-state index contributed by atoms with van der Waals surface area (Å²) in [6.45, 7) is 2.02. The standard InChI is InChI=1S/C11H14N2O2/c1-8(12-2)10-7-13-11(15-10)6-9-4-3-5-14-9/h3-5,7-8,12H,6H2,1-2H3. The van der Waals surface area contributed by atoms with E-state index in [9.17, 15) is 0 Å². The Kier molecular flexibility index (Phi) is 2.87. The molecular weight excluding hydrogens is 192 g/mol. The second-order valence-corrected chi connectivity index (χ2v) is 3.42. The lowest BCUT2D eigenvalue weighted by Crippen LogP contribution is -2.11. The lowest BCUT2D eigenvalue weighted by Gasteiger charge is -2.03. The van der Waals surface area contributed by atoms with Crippen molar-refractivity contribution < 1.29 is 8.83 Å². The normalized spacial score (nSPS) is 12.9. The van der Waals surface area contributed by atoms with Crippen LogP contribution < -0.4 is 5.32 Å². The van der Waals surface area contributed by atoms with Crippen molar-refractivity contribution in [2.45, 2.75) is 19.4 Å². The van der Waals surface area contributed by atoms with Crippen LogP contribution in [0, 0.1) is 0 Å². The van der Waals surface area contributed by atoms with E-state index in [1.54, 1.807) is 12.5 Å². The Labute approximate surface area is 88.3 Å². The van der Waals surface area contributed by atoms with E-state index in [-0.39, 0.29) is 6.04 Å². The fraction of sp³-hybridized carbons (Fsp3) is 0.364. The molecule has 2 heterocycles. The van der Waals surface area contributed by atoms with Crippen LogP contribution in [0.2, 0.25) is 0 Å². The van der Waals surface area contributed by atoms with Gasteiger partial charge in [0, 0.05) is 0 Å². The van der Waals surface area contributed by atoms with Gasteiger partial charge in [-0.25, -0.2) is 4.98 Å². The van der Waals surface area contributed by atoms with Crippen LogP contribution in [-0.2, 0) is 6.42 Å². The van der Waals surface area contributed by atoms with Gasteiger partial charge in [0.2, 0.25) is 5.89 Å². The largest absolute Gasteiger partial charge is 0.469 e. The van der Waals surface area contributed by atoms with Crippen molar-refractivity contribution in [1.82, 2.24) is 10.3 Å². The van der Waals surface area contributed by atoms with Gasteiger partial charge in [-0.15, -0.1) is 0 Å². The molecule has 4 heteroatoms. The molecule has 0 bridgehead atoms. The molecule has 15 heavy (non-hydrogen) atoms. The molecule has 0 radical (unpaired) electrons. The van der Waals surface area contributed by atoms with Crippen molar-refractivity contribution in [2.75, 3.05) is 7.05 Å². The molecule has 0 amide bonds. The lowest BCUT2D eigenvalue weighted by molar-refractivity contribution is 0.408. The molecule has 0 fully saturated rings. The van der Waals surface area contributed by atoms with E-state index >= 15 is 0 Å². The average Bonchev–Trinajstić information content (AvgIpc) is 2.88. The smallest absolute Gasteiger partial charge is 0.202 e. The highest BCUT2D eigenvalue weighted by Crippen LogP contribution is 2.15. The van der Waals surface area contributed by atoms with Gasteiger partial charge in [0.15, 0.2) is 0 Å². The predicted molar refractivity (Wildman–Crippen MR) is 55.5 cm³/mol. The Hall–Kier alpha value is -1.55. The van der Waals surface area contributed by atoms with Gasteiger partial charge in [-0.1, -0.05) is 0 Å². The van der Waals surface area contributed by atoms with Gasteiger partial charge in [0.05, 0.1) is 24.9 Å². The second-order valence-electron chi connectivity index (χ2n) is 3.42. The van der Waals surface area contributed by atoms with Gasteiger partial charge in [0.1, 0.15) is 11.5 Å².